The molecule has 0 aliphatic carbocycles. The van der Waals surface area contributed by atoms with E-state index >= 15 is 0 Å². The first-order valence-electron chi connectivity index (χ1n) is 18.5. The van der Waals surface area contributed by atoms with E-state index in [0.717, 1.165) is 71.7 Å². The molecule has 2 aromatic heterocycles. The van der Waals surface area contributed by atoms with Crippen LogP contribution in [0.5, 0.6) is 0 Å². The van der Waals surface area contributed by atoms with Crippen LogP contribution in [0.3, 0.4) is 0 Å². The molecule has 9 aromatic carbocycles. The number of nitrogens with zero attached hydrogens (tertiary/aromatic N) is 3. The average Bonchev–Trinajstić information content (AvgIpc) is 3.65. The van der Waals surface area contributed by atoms with E-state index in [0.29, 0.717) is 17.5 Å². The van der Waals surface area contributed by atoms with Crippen LogP contribution in [0.4, 0.5) is 0 Å². The van der Waals surface area contributed by atoms with Gasteiger partial charge < -0.3 is 4.42 Å². The van der Waals surface area contributed by atoms with Gasteiger partial charge in [0.05, 0.1) is 5.56 Å². The largest absolute Gasteiger partial charge is 0.455 e. The first-order valence-corrected chi connectivity index (χ1v) is 18.5. The third-order valence-electron chi connectivity index (χ3n) is 10.7. The molecular weight excluding hydrogens is 671 g/mol. The highest BCUT2D eigenvalue weighted by Crippen LogP contribution is 2.41. The van der Waals surface area contributed by atoms with Crippen LogP contribution >= 0.6 is 0 Å². The molecule has 0 saturated heterocycles. The number of para-hydroxylation sites is 2. The highest BCUT2D eigenvalue weighted by atomic mass is 16.3. The molecule has 0 spiro atoms. The van der Waals surface area contributed by atoms with Gasteiger partial charge in [-0.2, -0.15) is 0 Å². The minimum absolute atomic E-state index is 0.554. The maximum absolute atomic E-state index is 6.55. The third kappa shape index (κ3) is 5.19. The van der Waals surface area contributed by atoms with Gasteiger partial charge in [0.2, 0.25) is 0 Å². The fourth-order valence-corrected chi connectivity index (χ4v) is 8.15. The fourth-order valence-electron chi connectivity index (χ4n) is 8.15. The number of rotatable bonds is 5. The van der Waals surface area contributed by atoms with E-state index in [1.165, 1.54) is 21.5 Å². The molecule has 0 saturated carbocycles. The Hall–Kier alpha value is -7.43. The Morgan fingerprint density at radius 3 is 1.80 bits per heavy atom. The van der Waals surface area contributed by atoms with Gasteiger partial charge in [-0.1, -0.05) is 164 Å². The van der Waals surface area contributed by atoms with Gasteiger partial charge in [0.25, 0.3) is 0 Å². The molecule has 0 radical (unpaired) electrons. The quantitative estimate of drug-likeness (QED) is 0.168. The van der Waals surface area contributed by atoms with Crippen molar-refractivity contribution in [2.24, 2.45) is 0 Å². The normalized spacial score (nSPS) is 11.6. The van der Waals surface area contributed by atoms with Crippen LogP contribution in [-0.4, -0.2) is 15.0 Å². The summed E-state index contributed by atoms with van der Waals surface area (Å²) >= 11 is 0. The van der Waals surface area contributed by atoms with E-state index in [4.69, 9.17) is 19.4 Å². The monoisotopic (exact) mass is 701 g/mol. The van der Waals surface area contributed by atoms with E-state index in [1.54, 1.807) is 0 Å². The van der Waals surface area contributed by atoms with Gasteiger partial charge in [0.1, 0.15) is 11.2 Å². The lowest BCUT2D eigenvalue weighted by molar-refractivity contribution is 0.669. The smallest absolute Gasteiger partial charge is 0.167 e. The Balaban J connectivity index is 1.19. The number of fused-ring (bicyclic) bond motifs is 7. The predicted molar refractivity (Wildman–Crippen MR) is 227 cm³/mol. The standard InChI is InChI=1S/C51H31N3O/c1-2-14-32(15-3-1)39-29-28-33-16-4-7-21-38(33)47(39)51-53-49(52-50(54-51)44-26-13-25-43-42-24-10-11-27-46(42)55-48(43)44)36-19-12-18-34(30-36)45-31-35-17-5-6-20-37(35)40-22-8-9-23-41(40)45/h1-31H. The van der Waals surface area contributed by atoms with Gasteiger partial charge in [0, 0.05) is 21.9 Å². The van der Waals surface area contributed by atoms with Crippen molar-refractivity contribution < 1.29 is 4.42 Å². The molecular formula is C51H31N3O. The van der Waals surface area contributed by atoms with Crippen molar-refractivity contribution in [3.8, 4) is 56.4 Å². The summed E-state index contributed by atoms with van der Waals surface area (Å²) in [5.74, 6) is 1.75. The van der Waals surface area contributed by atoms with Gasteiger partial charge >= 0.3 is 0 Å². The summed E-state index contributed by atoms with van der Waals surface area (Å²) in [6.45, 7) is 0. The SMILES string of the molecule is c1ccc(-c2ccc3ccccc3c2-c2nc(-c3cccc(-c4cc5ccccc5c5ccccc45)c3)nc(-c3cccc4c3oc3ccccc34)n2)cc1. The summed E-state index contributed by atoms with van der Waals surface area (Å²) < 4.78 is 6.55. The molecule has 0 fully saturated rings. The van der Waals surface area contributed by atoms with Crippen LogP contribution in [0.15, 0.2) is 192 Å². The van der Waals surface area contributed by atoms with Gasteiger partial charge in [-0.15, -0.1) is 0 Å². The maximum atomic E-state index is 6.55. The summed E-state index contributed by atoms with van der Waals surface area (Å²) in [4.78, 5) is 15.9. The molecule has 0 bridgehead atoms. The molecule has 0 aliphatic heterocycles. The van der Waals surface area contributed by atoms with Crippen LogP contribution in [-0.2, 0) is 0 Å². The summed E-state index contributed by atoms with van der Waals surface area (Å²) in [5, 5.41) is 9.16. The van der Waals surface area contributed by atoms with Gasteiger partial charge in [-0.05, 0) is 78.8 Å². The van der Waals surface area contributed by atoms with Crippen molar-refractivity contribution in [3.63, 3.8) is 0 Å². The Bertz CT molecular complexity index is 3270. The van der Waals surface area contributed by atoms with Gasteiger partial charge in [-0.3, -0.25) is 0 Å². The average molecular weight is 702 g/mol. The molecule has 2 heterocycles. The molecule has 0 N–H and O–H groups in total. The predicted octanol–water partition coefficient (Wildman–Crippen LogP) is 13.6. The molecule has 0 unspecified atom stereocenters. The number of benzene rings is 9. The highest BCUT2D eigenvalue weighted by molar-refractivity contribution is 6.14. The number of hydrogen-bond acceptors (Lipinski definition) is 4. The van der Waals surface area contributed by atoms with E-state index < -0.39 is 0 Å². The second-order valence-electron chi connectivity index (χ2n) is 13.9. The van der Waals surface area contributed by atoms with Crippen molar-refractivity contribution in [1.82, 2.24) is 15.0 Å². The third-order valence-corrected chi connectivity index (χ3v) is 10.7. The number of aromatic nitrogens is 3. The van der Waals surface area contributed by atoms with E-state index in [1.807, 2.05) is 30.3 Å². The van der Waals surface area contributed by atoms with E-state index in [9.17, 15) is 0 Å². The van der Waals surface area contributed by atoms with Crippen molar-refractivity contribution >= 4 is 54.3 Å². The maximum Gasteiger partial charge on any atom is 0.167 e. The van der Waals surface area contributed by atoms with Gasteiger partial charge in [0.15, 0.2) is 17.5 Å². The van der Waals surface area contributed by atoms with E-state index in [-0.39, 0.29) is 0 Å². The lowest BCUT2D eigenvalue weighted by Gasteiger charge is -2.15. The second-order valence-corrected chi connectivity index (χ2v) is 13.9. The summed E-state index contributed by atoms with van der Waals surface area (Å²) in [5.41, 5.74) is 8.67. The van der Waals surface area contributed by atoms with Crippen LogP contribution in [0.25, 0.3) is 111 Å². The fraction of sp³-hybridized carbons (Fsp3) is 0. The number of hydrogen-bond donors (Lipinski definition) is 0. The molecule has 55 heavy (non-hydrogen) atoms. The Morgan fingerprint density at radius 1 is 0.309 bits per heavy atom. The molecule has 4 nitrogen and oxygen atoms in total. The lowest BCUT2D eigenvalue weighted by atomic mass is 9.92. The zero-order valence-electron chi connectivity index (χ0n) is 29.6. The molecule has 256 valence electrons. The van der Waals surface area contributed by atoms with Crippen LogP contribution < -0.4 is 0 Å². The zero-order chi connectivity index (χ0) is 36.3. The molecule has 0 aliphatic rings. The summed E-state index contributed by atoms with van der Waals surface area (Å²) in [7, 11) is 0. The minimum atomic E-state index is 0.554. The van der Waals surface area contributed by atoms with Crippen LogP contribution in [0, 0.1) is 0 Å². The van der Waals surface area contributed by atoms with E-state index in [2.05, 4.69) is 158 Å². The van der Waals surface area contributed by atoms with Crippen molar-refractivity contribution in [2.45, 2.75) is 0 Å². The highest BCUT2D eigenvalue weighted by Gasteiger charge is 2.21. The van der Waals surface area contributed by atoms with Crippen LogP contribution in [0.1, 0.15) is 0 Å². The van der Waals surface area contributed by atoms with Crippen LogP contribution in [0.2, 0.25) is 0 Å². The summed E-state index contributed by atoms with van der Waals surface area (Å²) in [6.07, 6.45) is 0. The van der Waals surface area contributed by atoms with Crippen molar-refractivity contribution in [1.29, 1.82) is 0 Å². The van der Waals surface area contributed by atoms with Crippen molar-refractivity contribution in [2.75, 3.05) is 0 Å². The first-order chi connectivity index (χ1) is 27.3. The molecule has 0 atom stereocenters. The molecule has 4 heteroatoms. The molecule has 11 aromatic rings. The molecule has 11 rings (SSSR count). The topological polar surface area (TPSA) is 51.8 Å². The second kappa shape index (κ2) is 12.6. The van der Waals surface area contributed by atoms with Gasteiger partial charge in [-0.25, -0.2) is 15.0 Å². The Kier molecular flexibility index (Phi) is 7.14. The zero-order valence-corrected chi connectivity index (χ0v) is 29.6. The Morgan fingerprint density at radius 2 is 0.927 bits per heavy atom. The Labute approximate surface area is 317 Å². The minimum Gasteiger partial charge on any atom is -0.455 e. The lowest BCUT2D eigenvalue weighted by Crippen LogP contribution is -2.02. The van der Waals surface area contributed by atoms with Crippen molar-refractivity contribution in [3.05, 3.63) is 188 Å². The number of furan rings is 1. The first kappa shape index (κ1) is 31.1. The summed E-state index contributed by atoms with van der Waals surface area (Å²) in [6, 6.07) is 65.8. The molecule has 0 amide bonds.